The van der Waals surface area contributed by atoms with Crippen LogP contribution in [0.4, 0.5) is 18.9 Å². The molecule has 1 N–H and O–H groups in total. The third-order valence-electron chi connectivity index (χ3n) is 3.85. The van der Waals surface area contributed by atoms with Crippen LogP contribution in [0.5, 0.6) is 5.75 Å². The maximum Gasteiger partial charge on any atom is 0.422 e. The van der Waals surface area contributed by atoms with E-state index in [0.717, 1.165) is 11.3 Å². The summed E-state index contributed by atoms with van der Waals surface area (Å²) in [7, 11) is 0. The zero-order valence-corrected chi connectivity index (χ0v) is 15.0. The largest absolute Gasteiger partial charge is 0.483 e. The Bertz CT molecular complexity index is 1020. The molecule has 0 fully saturated rings. The number of nitriles is 1. The van der Waals surface area contributed by atoms with E-state index >= 15 is 0 Å². The Morgan fingerprint density at radius 2 is 1.97 bits per heavy atom. The Morgan fingerprint density at radius 3 is 2.59 bits per heavy atom. The lowest BCUT2D eigenvalue weighted by Gasteiger charge is -2.12. The molecule has 1 amide bonds. The SMILES string of the molecule is N#Cc1cc(NC(=O)Cc2ccc(-n3cccn3)cc2)ccc1OCC(F)(F)F. The molecular formula is C20H15F3N4O2. The fourth-order valence-corrected chi connectivity index (χ4v) is 2.56. The smallest absolute Gasteiger partial charge is 0.422 e. The Labute approximate surface area is 164 Å². The summed E-state index contributed by atoms with van der Waals surface area (Å²) < 4.78 is 43.1. The van der Waals surface area contributed by atoms with Crippen LogP contribution >= 0.6 is 0 Å². The van der Waals surface area contributed by atoms with Gasteiger partial charge in [0, 0.05) is 18.1 Å². The van der Waals surface area contributed by atoms with Crippen LogP contribution < -0.4 is 10.1 Å². The van der Waals surface area contributed by atoms with Gasteiger partial charge in [-0.2, -0.15) is 23.5 Å². The number of nitrogens with one attached hydrogen (secondary N) is 1. The number of carbonyl (C=O) groups is 1. The minimum atomic E-state index is -4.51. The van der Waals surface area contributed by atoms with Crippen LogP contribution in [0.1, 0.15) is 11.1 Å². The van der Waals surface area contributed by atoms with Gasteiger partial charge in [0.15, 0.2) is 6.61 Å². The highest BCUT2D eigenvalue weighted by Crippen LogP contribution is 2.25. The standard InChI is InChI=1S/C20H15F3N4O2/c21-20(22,23)13-29-18-7-4-16(11-15(18)12-24)26-19(28)10-14-2-5-17(6-3-14)27-9-1-8-25-27/h1-9,11H,10,13H2,(H,26,28). The van der Waals surface area contributed by atoms with Crippen molar-refractivity contribution >= 4 is 11.6 Å². The normalized spacial score (nSPS) is 11.0. The van der Waals surface area contributed by atoms with Crippen molar-refractivity contribution in [1.82, 2.24) is 9.78 Å². The molecule has 0 unspecified atom stereocenters. The first-order valence-corrected chi connectivity index (χ1v) is 8.46. The summed E-state index contributed by atoms with van der Waals surface area (Å²) >= 11 is 0. The van der Waals surface area contributed by atoms with Gasteiger partial charge in [-0.3, -0.25) is 4.79 Å². The van der Waals surface area contributed by atoms with Crippen molar-refractivity contribution in [3.63, 3.8) is 0 Å². The number of nitrogens with zero attached hydrogens (tertiary/aromatic N) is 3. The number of carbonyl (C=O) groups excluding carboxylic acids is 1. The van der Waals surface area contributed by atoms with Crippen molar-refractivity contribution in [3.05, 3.63) is 72.1 Å². The minimum Gasteiger partial charge on any atom is -0.483 e. The number of anilines is 1. The van der Waals surface area contributed by atoms with Gasteiger partial charge < -0.3 is 10.1 Å². The molecule has 0 aliphatic heterocycles. The second kappa shape index (κ2) is 8.48. The van der Waals surface area contributed by atoms with E-state index in [1.165, 1.54) is 18.2 Å². The van der Waals surface area contributed by atoms with E-state index in [9.17, 15) is 18.0 Å². The zero-order chi connectivity index (χ0) is 20.9. The highest BCUT2D eigenvalue weighted by atomic mass is 19.4. The summed E-state index contributed by atoms with van der Waals surface area (Å²) in [5.74, 6) is -0.526. The van der Waals surface area contributed by atoms with E-state index in [1.54, 1.807) is 41.3 Å². The molecule has 1 heterocycles. The summed E-state index contributed by atoms with van der Waals surface area (Å²) in [5.41, 5.74) is 1.81. The first-order chi connectivity index (χ1) is 13.8. The van der Waals surface area contributed by atoms with Gasteiger partial charge in [0.1, 0.15) is 11.8 Å². The van der Waals surface area contributed by atoms with Crippen LogP contribution in [0.15, 0.2) is 60.9 Å². The van der Waals surface area contributed by atoms with E-state index in [-0.39, 0.29) is 23.6 Å². The lowest BCUT2D eigenvalue weighted by Crippen LogP contribution is -2.19. The molecule has 6 nitrogen and oxygen atoms in total. The summed E-state index contributed by atoms with van der Waals surface area (Å²) in [5, 5.41) is 15.9. The van der Waals surface area contributed by atoms with Crippen molar-refractivity contribution in [2.75, 3.05) is 11.9 Å². The van der Waals surface area contributed by atoms with Crippen LogP contribution in [-0.4, -0.2) is 28.5 Å². The van der Waals surface area contributed by atoms with Crippen molar-refractivity contribution in [3.8, 4) is 17.5 Å². The Kier molecular flexibility index (Phi) is 5.83. The molecule has 0 spiro atoms. The van der Waals surface area contributed by atoms with Gasteiger partial charge in [-0.1, -0.05) is 12.1 Å². The number of benzene rings is 2. The molecule has 0 saturated heterocycles. The molecule has 3 aromatic rings. The second-order valence-corrected chi connectivity index (χ2v) is 6.07. The molecule has 148 valence electrons. The van der Waals surface area contributed by atoms with Crippen molar-refractivity contribution in [1.29, 1.82) is 5.26 Å². The highest BCUT2D eigenvalue weighted by molar-refractivity contribution is 5.92. The molecular weight excluding hydrogens is 385 g/mol. The van der Waals surface area contributed by atoms with Crippen molar-refractivity contribution < 1.29 is 22.7 Å². The summed E-state index contributed by atoms with van der Waals surface area (Å²) in [6, 6.07) is 14.7. The predicted octanol–water partition coefficient (Wildman–Crippen LogP) is 3.87. The van der Waals surface area contributed by atoms with Crippen LogP contribution in [0.25, 0.3) is 5.69 Å². The van der Waals surface area contributed by atoms with E-state index in [0.29, 0.717) is 5.69 Å². The summed E-state index contributed by atoms with van der Waals surface area (Å²) in [6.07, 6.45) is -0.951. The maximum absolute atomic E-state index is 12.3. The number of hydrogen-bond acceptors (Lipinski definition) is 4. The Hall–Kier alpha value is -3.80. The van der Waals surface area contributed by atoms with Gasteiger partial charge in [0.25, 0.3) is 0 Å². The summed E-state index contributed by atoms with van der Waals surface area (Å²) in [6.45, 7) is -1.50. The topological polar surface area (TPSA) is 79.9 Å². The number of amides is 1. The van der Waals surface area contributed by atoms with Crippen molar-refractivity contribution in [2.24, 2.45) is 0 Å². The molecule has 9 heteroatoms. The van der Waals surface area contributed by atoms with E-state index < -0.39 is 12.8 Å². The third kappa shape index (κ3) is 5.59. The van der Waals surface area contributed by atoms with Crippen LogP contribution in [0.2, 0.25) is 0 Å². The van der Waals surface area contributed by atoms with Gasteiger partial charge in [-0.05, 0) is 42.0 Å². The lowest BCUT2D eigenvalue weighted by molar-refractivity contribution is -0.153. The van der Waals surface area contributed by atoms with Crippen LogP contribution in [0, 0.1) is 11.3 Å². The van der Waals surface area contributed by atoms with Crippen LogP contribution in [0.3, 0.4) is 0 Å². The number of halogens is 3. The lowest BCUT2D eigenvalue weighted by atomic mass is 10.1. The number of aromatic nitrogens is 2. The average molecular weight is 400 g/mol. The number of rotatable bonds is 6. The Morgan fingerprint density at radius 1 is 1.21 bits per heavy atom. The molecule has 2 aromatic carbocycles. The Balaban J connectivity index is 1.62. The van der Waals surface area contributed by atoms with Crippen LogP contribution in [-0.2, 0) is 11.2 Å². The zero-order valence-electron chi connectivity index (χ0n) is 15.0. The molecule has 0 atom stereocenters. The van der Waals surface area contributed by atoms with Gasteiger partial charge in [-0.15, -0.1) is 0 Å². The molecule has 29 heavy (non-hydrogen) atoms. The monoisotopic (exact) mass is 400 g/mol. The van der Waals surface area contributed by atoms with E-state index in [1.807, 2.05) is 12.1 Å². The molecule has 0 radical (unpaired) electrons. The first-order valence-electron chi connectivity index (χ1n) is 8.46. The van der Waals surface area contributed by atoms with E-state index in [4.69, 9.17) is 5.26 Å². The molecule has 0 aliphatic carbocycles. The highest BCUT2D eigenvalue weighted by Gasteiger charge is 2.28. The quantitative estimate of drug-likeness (QED) is 0.681. The number of ether oxygens (including phenoxy) is 1. The van der Waals surface area contributed by atoms with E-state index in [2.05, 4.69) is 15.2 Å². The molecule has 0 aliphatic rings. The molecule has 0 bridgehead atoms. The van der Waals surface area contributed by atoms with Gasteiger partial charge in [0.2, 0.25) is 5.91 Å². The second-order valence-electron chi connectivity index (χ2n) is 6.07. The fraction of sp³-hybridized carbons (Fsp3) is 0.150. The molecule has 1 aromatic heterocycles. The first kappa shape index (κ1) is 19.9. The predicted molar refractivity (Wildman–Crippen MR) is 98.6 cm³/mol. The van der Waals surface area contributed by atoms with Gasteiger partial charge in [0.05, 0.1) is 17.7 Å². The number of alkyl halides is 3. The van der Waals surface area contributed by atoms with Gasteiger partial charge >= 0.3 is 6.18 Å². The molecule has 0 saturated carbocycles. The van der Waals surface area contributed by atoms with Gasteiger partial charge in [-0.25, -0.2) is 4.68 Å². The fourth-order valence-electron chi connectivity index (χ4n) is 2.56. The summed E-state index contributed by atoms with van der Waals surface area (Å²) in [4.78, 5) is 12.2. The maximum atomic E-state index is 12.3. The third-order valence-corrected chi connectivity index (χ3v) is 3.85. The van der Waals surface area contributed by atoms with Crippen molar-refractivity contribution in [2.45, 2.75) is 12.6 Å². The number of hydrogen-bond donors (Lipinski definition) is 1. The minimum absolute atomic E-state index is 0.0909. The molecule has 3 rings (SSSR count). The average Bonchev–Trinajstić information content (AvgIpc) is 3.21.